The van der Waals surface area contributed by atoms with E-state index in [1.165, 1.54) is 5.56 Å². The summed E-state index contributed by atoms with van der Waals surface area (Å²) < 4.78 is 11.9. The van der Waals surface area contributed by atoms with Crippen molar-refractivity contribution >= 4 is 5.91 Å². The van der Waals surface area contributed by atoms with Crippen LogP contribution in [0.1, 0.15) is 51.0 Å². The number of nitrogens with zero attached hydrogens (tertiary/aromatic N) is 1. The quantitative estimate of drug-likeness (QED) is 0.771. The molecule has 0 unspecified atom stereocenters. The summed E-state index contributed by atoms with van der Waals surface area (Å²) >= 11 is 0. The van der Waals surface area contributed by atoms with Gasteiger partial charge in [-0.25, -0.2) is 0 Å². The van der Waals surface area contributed by atoms with Crippen molar-refractivity contribution in [1.82, 2.24) is 10.2 Å². The smallest absolute Gasteiger partial charge is 0.234 e. The van der Waals surface area contributed by atoms with Gasteiger partial charge in [0.25, 0.3) is 0 Å². The number of benzene rings is 1. The average molecular weight is 417 g/mol. The van der Waals surface area contributed by atoms with Gasteiger partial charge in [-0.15, -0.1) is 0 Å². The lowest BCUT2D eigenvalue weighted by Crippen LogP contribution is -2.54. The Labute approximate surface area is 179 Å². The molecule has 6 nitrogen and oxygen atoms in total. The number of aliphatic hydroxyl groups is 1. The topological polar surface area (TPSA) is 71.0 Å². The highest BCUT2D eigenvalue weighted by atomic mass is 16.5. The highest BCUT2D eigenvalue weighted by molar-refractivity contribution is 5.78. The Kier molecular flexibility index (Phi) is 6.49. The van der Waals surface area contributed by atoms with E-state index in [0.29, 0.717) is 32.2 Å². The number of ether oxygens (including phenoxy) is 2. The van der Waals surface area contributed by atoms with E-state index in [1.54, 1.807) is 0 Å². The van der Waals surface area contributed by atoms with Gasteiger partial charge in [-0.2, -0.15) is 0 Å². The first-order valence-electron chi connectivity index (χ1n) is 11.4. The van der Waals surface area contributed by atoms with Gasteiger partial charge >= 0.3 is 0 Å². The molecule has 1 aromatic carbocycles. The number of morpholine rings is 1. The number of carbonyl (C=O) groups is 1. The minimum Gasteiger partial charge on any atom is -0.390 e. The lowest BCUT2D eigenvalue weighted by Gasteiger charge is -2.49. The molecule has 6 heteroatoms. The summed E-state index contributed by atoms with van der Waals surface area (Å²) in [6, 6.07) is 10.6. The van der Waals surface area contributed by atoms with Gasteiger partial charge in [0, 0.05) is 25.6 Å². The molecule has 3 fully saturated rings. The molecular formula is C24H36N2O4. The van der Waals surface area contributed by atoms with Crippen LogP contribution in [0.25, 0.3) is 0 Å². The normalized spacial score (nSPS) is 37.4. The van der Waals surface area contributed by atoms with Crippen molar-refractivity contribution in [3.05, 3.63) is 35.9 Å². The Morgan fingerprint density at radius 2 is 1.93 bits per heavy atom. The van der Waals surface area contributed by atoms with E-state index in [4.69, 9.17) is 9.47 Å². The molecule has 0 spiro atoms. The van der Waals surface area contributed by atoms with Gasteiger partial charge in [0.05, 0.1) is 37.1 Å². The number of nitrogens with one attached hydrogen (secondary N) is 1. The van der Waals surface area contributed by atoms with Gasteiger partial charge in [0.2, 0.25) is 5.91 Å². The second-order valence-corrected chi connectivity index (χ2v) is 9.82. The maximum absolute atomic E-state index is 12.4. The molecule has 3 saturated heterocycles. The van der Waals surface area contributed by atoms with Crippen molar-refractivity contribution in [1.29, 1.82) is 0 Å². The Morgan fingerprint density at radius 1 is 1.20 bits per heavy atom. The molecule has 3 aliphatic heterocycles. The third-order valence-corrected chi connectivity index (χ3v) is 7.23. The predicted molar refractivity (Wildman–Crippen MR) is 115 cm³/mol. The summed E-state index contributed by atoms with van der Waals surface area (Å²) in [6.07, 6.45) is 2.91. The van der Waals surface area contributed by atoms with Crippen molar-refractivity contribution in [3.8, 4) is 0 Å². The van der Waals surface area contributed by atoms with Crippen molar-refractivity contribution in [2.75, 3.05) is 39.4 Å². The molecule has 2 bridgehead atoms. The fourth-order valence-electron chi connectivity index (χ4n) is 5.65. The van der Waals surface area contributed by atoms with Crippen LogP contribution >= 0.6 is 0 Å². The van der Waals surface area contributed by atoms with E-state index < -0.39 is 11.7 Å². The third-order valence-electron chi connectivity index (χ3n) is 7.23. The zero-order valence-electron chi connectivity index (χ0n) is 18.3. The molecule has 0 radical (unpaired) electrons. The van der Waals surface area contributed by atoms with Gasteiger partial charge in [0.15, 0.2) is 0 Å². The molecule has 0 aromatic heterocycles. The molecule has 3 heterocycles. The highest BCUT2D eigenvalue weighted by Gasteiger charge is 2.52. The summed E-state index contributed by atoms with van der Waals surface area (Å²) in [6.45, 7) is 8.10. The summed E-state index contributed by atoms with van der Waals surface area (Å²) in [5.74, 6) is 0.398. The van der Waals surface area contributed by atoms with Gasteiger partial charge in [0.1, 0.15) is 0 Å². The lowest BCUT2D eigenvalue weighted by atomic mass is 9.74. The zero-order valence-corrected chi connectivity index (χ0v) is 18.3. The first-order chi connectivity index (χ1) is 14.4. The fourth-order valence-corrected chi connectivity index (χ4v) is 5.65. The summed E-state index contributed by atoms with van der Waals surface area (Å²) in [7, 11) is 0. The van der Waals surface area contributed by atoms with E-state index in [-0.39, 0.29) is 17.4 Å². The van der Waals surface area contributed by atoms with Gasteiger partial charge in [-0.1, -0.05) is 30.3 Å². The molecule has 1 aromatic rings. The maximum atomic E-state index is 12.4. The van der Waals surface area contributed by atoms with E-state index in [0.717, 1.165) is 38.8 Å². The van der Waals surface area contributed by atoms with E-state index >= 15 is 0 Å². The molecule has 0 saturated carbocycles. The van der Waals surface area contributed by atoms with Crippen LogP contribution in [0, 0.1) is 5.92 Å². The number of hydrogen-bond acceptors (Lipinski definition) is 5. The summed E-state index contributed by atoms with van der Waals surface area (Å²) in [4.78, 5) is 14.6. The predicted octanol–water partition coefficient (Wildman–Crippen LogP) is 2.32. The number of carbonyl (C=O) groups excluding carboxylic acids is 1. The minimum atomic E-state index is -0.608. The van der Waals surface area contributed by atoms with Crippen molar-refractivity contribution in [2.24, 2.45) is 5.92 Å². The van der Waals surface area contributed by atoms with Gasteiger partial charge in [-0.05, 0) is 51.0 Å². The molecule has 2 N–H and O–H groups in total. The number of rotatable bonds is 5. The van der Waals surface area contributed by atoms with Crippen LogP contribution in [-0.2, 0) is 14.3 Å². The van der Waals surface area contributed by atoms with Crippen molar-refractivity contribution in [3.63, 3.8) is 0 Å². The first-order valence-corrected chi connectivity index (χ1v) is 11.4. The minimum absolute atomic E-state index is 0.0000115. The first kappa shape index (κ1) is 21.8. The number of hydrogen-bond donors (Lipinski definition) is 2. The molecule has 1 amide bonds. The Balaban J connectivity index is 1.40. The highest BCUT2D eigenvalue weighted by Crippen LogP contribution is 2.50. The van der Waals surface area contributed by atoms with Crippen LogP contribution in [0.4, 0.5) is 0 Å². The van der Waals surface area contributed by atoms with Crippen molar-refractivity contribution < 1.29 is 19.4 Å². The Morgan fingerprint density at radius 3 is 2.67 bits per heavy atom. The van der Waals surface area contributed by atoms with Crippen LogP contribution < -0.4 is 5.32 Å². The molecule has 0 aliphatic carbocycles. The van der Waals surface area contributed by atoms with Crippen LogP contribution in [0.5, 0.6) is 0 Å². The van der Waals surface area contributed by atoms with E-state index in [9.17, 15) is 9.90 Å². The summed E-state index contributed by atoms with van der Waals surface area (Å²) in [5.41, 5.74) is 0.465. The Hall–Kier alpha value is -1.47. The third kappa shape index (κ3) is 4.88. The van der Waals surface area contributed by atoms with Crippen LogP contribution in [-0.4, -0.2) is 72.6 Å². The monoisotopic (exact) mass is 416 g/mol. The molecule has 166 valence electrons. The lowest BCUT2D eigenvalue weighted by molar-refractivity contribution is -0.215. The zero-order chi connectivity index (χ0) is 21.2. The summed E-state index contributed by atoms with van der Waals surface area (Å²) in [5, 5.41) is 14.4. The molecule has 30 heavy (non-hydrogen) atoms. The second-order valence-electron chi connectivity index (χ2n) is 9.82. The van der Waals surface area contributed by atoms with E-state index in [2.05, 4.69) is 48.3 Å². The van der Waals surface area contributed by atoms with Gasteiger partial charge < -0.3 is 19.9 Å². The van der Waals surface area contributed by atoms with Crippen LogP contribution in [0.15, 0.2) is 30.3 Å². The number of aliphatic hydroxyl groups excluding tert-OH is 1. The molecular weight excluding hydrogens is 380 g/mol. The van der Waals surface area contributed by atoms with Crippen LogP contribution in [0.3, 0.4) is 0 Å². The van der Waals surface area contributed by atoms with Crippen LogP contribution in [0.2, 0.25) is 0 Å². The molecule has 4 rings (SSSR count). The van der Waals surface area contributed by atoms with E-state index in [1.807, 2.05) is 6.07 Å². The number of amides is 1. The number of fused-ring (bicyclic) bond motifs is 2. The second kappa shape index (κ2) is 8.95. The SMILES string of the molecule is C[C@]12CC[C@@H](CNC(=O)CN3CCOCC3)[C@H](O)[C@](C)(C[C@@H](c3ccccc3)C1)O2. The standard InChI is InChI=1S/C24H36N2O4/c1-23-9-8-19(16-25-21(27)17-26-10-12-29-13-11-26)22(28)24(2,30-23)15-20(14-23)18-6-4-3-5-7-18/h3-7,19-20,22,28H,8-17H2,1-2H3,(H,25,27)/t19-,20-,22-,23-,24-/m0/s1. The molecule has 5 atom stereocenters. The van der Waals surface area contributed by atoms with Gasteiger partial charge in [-0.3, -0.25) is 9.69 Å². The fraction of sp³-hybridized carbons (Fsp3) is 0.708. The largest absolute Gasteiger partial charge is 0.390 e. The average Bonchev–Trinajstić information content (AvgIpc) is 2.80. The Bertz CT molecular complexity index is 723. The van der Waals surface area contributed by atoms with Crippen molar-refractivity contribution in [2.45, 2.75) is 62.8 Å². The maximum Gasteiger partial charge on any atom is 0.234 e. The molecule has 3 aliphatic rings.